The maximum Gasteiger partial charge on any atom is 0.354 e. The number of hydrogen-bond acceptors (Lipinski definition) is 5. The van der Waals surface area contributed by atoms with Crippen LogP contribution in [0, 0.1) is 6.92 Å². The molecule has 0 aliphatic carbocycles. The van der Waals surface area contributed by atoms with Gasteiger partial charge in [-0.2, -0.15) is 5.10 Å². The first-order valence-corrected chi connectivity index (χ1v) is 5.62. The van der Waals surface area contributed by atoms with E-state index in [-0.39, 0.29) is 5.69 Å². The van der Waals surface area contributed by atoms with E-state index in [0.717, 1.165) is 4.90 Å². The molecule has 0 fully saturated rings. The van der Waals surface area contributed by atoms with Gasteiger partial charge in [-0.3, -0.25) is 4.68 Å². The van der Waals surface area contributed by atoms with E-state index in [4.69, 9.17) is 5.11 Å². The van der Waals surface area contributed by atoms with E-state index in [1.54, 1.807) is 17.8 Å². The molecule has 88 valence electrons. The summed E-state index contributed by atoms with van der Waals surface area (Å²) in [6.45, 7) is 1.74. The number of nitrogens with zero attached hydrogens (tertiary/aromatic N) is 4. The molecule has 0 spiro atoms. The molecule has 2 heterocycles. The topological polar surface area (TPSA) is 80.9 Å². The standard InChI is InChI=1S/C10H10N4O2S/c1-6-3-8(9(15)16)13-10(12-6)17-7-4-11-14(2)5-7/h3-5H,1-2H3,(H,15,16). The highest BCUT2D eigenvalue weighted by molar-refractivity contribution is 7.99. The Kier molecular flexibility index (Phi) is 3.10. The van der Waals surface area contributed by atoms with Crippen molar-refractivity contribution in [2.75, 3.05) is 0 Å². The van der Waals surface area contributed by atoms with Crippen LogP contribution in [0.5, 0.6) is 0 Å². The van der Waals surface area contributed by atoms with Crippen LogP contribution in [0.1, 0.15) is 16.2 Å². The average molecular weight is 250 g/mol. The molecule has 0 amide bonds. The number of aromatic carboxylic acids is 1. The van der Waals surface area contributed by atoms with Crippen LogP contribution in [-0.4, -0.2) is 30.8 Å². The van der Waals surface area contributed by atoms with Gasteiger partial charge < -0.3 is 5.11 Å². The molecule has 0 aliphatic rings. The van der Waals surface area contributed by atoms with Crippen LogP contribution in [0.15, 0.2) is 28.5 Å². The van der Waals surface area contributed by atoms with Crippen molar-refractivity contribution in [1.82, 2.24) is 19.7 Å². The van der Waals surface area contributed by atoms with Gasteiger partial charge in [0, 0.05) is 18.9 Å². The monoisotopic (exact) mass is 250 g/mol. The second kappa shape index (κ2) is 4.54. The number of carboxylic acids is 1. The maximum atomic E-state index is 10.8. The van der Waals surface area contributed by atoms with E-state index >= 15 is 0 Å². The van der Waals surface area contributed by atoms with E-state index in [2.05, 4.69) is 15.1 Å². The maximum absolute atomic E-state index is 10.8. The first kappa shape index (κ1) is 11.6. The van der Waals surface area contributed by atoms with Crippen molar-refractivity contribution in [3.63, 3.8) is 0 Å². The Balaban J connectivity index is 2.29. The molecule has 0 bridgehead atoms. The number of rotatable bonds is 3. The fourth-order valence-corrected chi connectivity index (χ4v) is 2.10. The quantitative estimate of drug-likeness (QED) is 0.828. The highest BCUT2D eigenvalue weighted by atomic mass is 32.2. The van der Waals surface area contributed by atoms with Crippen molar-refractivity contribution >= 4 is 17.7 Å². The van der Waals surface area contributed by atoms with Gasteiger partial charge in [-0.15, -0.1) is 0 Å². The number of aromatic nitrogens is 4. The lowest BCUT2D eigenvalue weighted by Gasteiger charge is -2.00. The van der Waals surface area contributed by atoms with E-state index in [1.165, 1.54) is 17.8 Å². The molecule has 0 radical (unpaired) electrons. The summed E-state index contributed by atoms with van der Waals surface area (Å²) >= 11 is 1.29. The van der Waals surface area contributed by atoms with E-state index in [9.17, 15) is 4.79 Å². The van der Waals surface area contributed by atoms with E-state index < -0.39 is 5.97 Å². The molecule has 0 saturated heterocycles. The Hall–Kier alpha value is -1.89. The summed E-state index contributed by atoms with van der Waals surface area (Å²) in [5.41, 5.74) is 0.632. The fourth-order valence-electron chi connectivity index (χ4n) is 1.25. The Morgan fingerprint density at radius 3 is 2.82 bits per heavy atom. The molecule has 7 heteroatoms. The van der Waals surface area contributed by atoms with Crippen molar-refractivity contribution in [3.05, 3.63) is 29.8 Å². The van der Waals surface area contributed by atoms with Gasteiger partial charge in [0.05, 0.1) is 11.1 Å². The minimum absolute atomic E-state index is 0.00360. The Labute approximate surface area is 102 Å². The highest BCUT2D eigenvalue weighted by Gasteiger charge is 2.10. The Morgan fingerprint density at radius 2 is 2.24 bits per heavy atom. The predicted octanol–water partition coefficient (Wildman–Crippen LogP) is 1.37. The zero-order valence-corrected chi connectivity index (χ0v) is 10.1. The van der Waals surface area contributed by atoms with Crippen molar-refractivity contribution in [1.29, 1.82) is 0 Å². The minimum atomic E-state index is -1.05. The van der Waals surface area contributed by atoms with Crippen LogP contribution in [0.25, 0.3) is 0 Å². The average Bonchev–Trinajstić information content (AvgIpc) is 2.63. The molecule has 2 rings (SSSR count). The fraction of sp³-hybridized carbons (Fsp3) is 0.200. The highest BCUT2D eigenvalue weighted by Crippen LogP contribution is 2.24. The van der Waals surface area contributed by atoms with Crippen molar-refractivity contribution in [2.45, 2.75) is 17.0 Å². The third-order valence-electron chi connectivity index (χ3n) is 1.94. The van der Waals surface area contributed by atoms with Crippen LogP contribution in [0.2, 0.25) is 0 Å². The normalized spacial score (nSPS) is 10.5. The number of carboxylic acid groups (broad SMARTS) is 1. The summed E-state index contributed by atoms with van der Waals surface area (Å²) < 4.78 is 1.66. The third kappa shape index (κ3) is 2.82. The molecule has 0 aromatic carbocycles. The SMILES string of the molecule is Cc1cc(C(=O)O)nc(Sc2cnn(C)c2)n1. The smallest absolute Gasteiger partial charge is 0.354 e. The molecular weight excluding hydrogens is 240 g/mol. The summed E-state index contributed by atoms with van der Waals surface area (Å²) in [6, 6.07) is 1.44. The van der Waals surface area contributed by atoms with Gasteiger partial charge in [-0.1, -0.05) is 0 Å². The van der Waals surface area contributed by atoms with Gasteiger partial charge in [0.15, 0.2) is 10.9 Å². The number of hydrogen-bond donors (Lipinski definition) is 1. The van der Waals surface area contributed by atoms with Crippen LogP contribution in [0.3, 0.4) is 0 Å². The van der Waals surface area contributed by atoms with Gasteiger partial charge in [-0.25, -0.2) is 14.8 Å². The Morgan fingerprint density at radius 1 is 1.47 bits per heavy atom. The summed E-state index contributed by atoms with van der Waals surface area (Å²) in [6.07, 6.45) is 3.49. The molecular formula is C10H10N4O2S. The predicted molar refractivity (Wildman–Crippen MR) is 61.1 cm³/mol. The summed E-state index contributed by atoms with van der Waals surface area (Å²) in [5.74, 6) is -1.05. The first-order chi connectivity index (χ1) is 8.04. The third-order valence-corrected chi connectivity index (χ3v) is 2.75. The van der Waals surface area contributed by atoms with Gasteiger partial charge in [-0.05, 0) is 24.8 Å². The van der Waals surface area contributed by atoms with Crippen LogP contribution >= 0.6 is 11.8 Å². The van der Waals surface area contributed by atoms with Crippen LogP contribution < -0.4 is 0 Å². The second-order valence-corrected chi connectivity index (χ2v) is 4.47. The molecule has 0 unspecified atom stereocenters. The Bertz CT molecular complexity index is 567. The van der Waals surface area contributed by atoms with E-state index in [1.807, 2.05) is 13.2 Å². The molecule has 6 nitrogen and oxygen atoms in total. The van der Waals surface area contributed by atoms with Crippen LogP contribution in [-0.2, 0) is 7.05 Å². The number of aryl methyl sites for hydroxylation is 2. The lowest BCUT2D eigenvalue weighted by atomic mass is 10.3. The van der Waals surface area contributed by atoms with Gasteiger partial charge in [0.25, 0.3) is 0 Å². The van der Waals surface area contributed by atoms with Crippen molar-refractivity contribution in [3.8, 4) is 0 Å². The second-order valence-electron chi connectivity index (χ2n) is 3.43. The molecule has 2 aromatic rings. The first-order valence-electron chi connectivity index (χ1n) is 4.80. The molecule has 0 saturated carbocycles. The summed E-state index contributed by atoms with van der Waals surface area (Å²) in [5, 5.41) is 13.3. The minimum Gasteiger partial charge on any atom is -0.477 e. The van der Waals surface area contributed by atoms with Crippen molar-refractivity contribution in [2.24, 2.45) is 7.05 Å². The van der Waals surface area contributed by atoms with Gasteiger partial charge in [0.2, 0.25) is 0 Å². The molecule has 1 N–H and O–H groups in total. The van der Waals surface area contributed by atoms with E-state index in [0.29, 0.717) is 10.9 Å². The molecule has 0 atom stereocenters. The summed E-state index contributed by atoms with van der Waals surface area (Å²) in [4.78, 5) is 19.8. The number of carbonyl (C=O) groups is 1. The van der Waals surface area contributed by atoms with Crippen LogP contribution in [0.4, 0.5) is 0 Å². The zero-order valence-electron chi connectivity index (χ0n) is 9.28. The van der Waals surface area contributed by atoms with Crippen molar-refractivity contribution < 1.29 is 9.90 Å². The summed E-state index contributed by atoms with van der Waals surface area (Å²) in [7, 11) is 1.81. The molecule has 17 heavy (non-hydrogen) atoms. The molecule has 2 aromatic heterocycles. The lowest BCUT2D eigenvalue weighted by molar-refractivity contribution is 0.0689. The van der Waals surface area contributed by atoms with Gasteiger partial charge in [0.1, 0.15) is 0 Å². The lowest BCUT2D eigenvalue weighted by Crippen LogP contribution is -2.03. The zero-order chi connectivity index (χ0) is 12.4. The largest absolute Gasteiger partial charge is 0.477 e. The molecule has 0 aliphatic heterocycles. The van der Waals surface area contributed by atoms with Gasteiger partial charge >= 0.3 is 5.97 Å².